The molecule has 1 saturated heterocycles. The van der Waals surface area contributed by atoms with Gasteiger partial charge in [-0.05, 0) is 41.7 Å². The highest BCUT2D eigenvalue weighted by Crippen LogP contribution is 2.58. The van der Waals surface area contributed by atoms with Crippen LogP contribution >= 0.6 is 0 Å². The van der Waals surface area contributed by atoms with E-state index in [0.29, 0.717) is 17.8 Å². The van der Waals surface area contributed by atoms with Gasteiger partial charge in [-0.2, -0.15) is 0 Å². The van der Waals surface area contributed by atoms with Crippen molar-refractivity contribution in [2.75, 3.05) is 13.1 Å². The van der Waals surface area contributed by atoms with Crippen molar-refractivity contribution >= 4 is 5.91 Å². The summed E-state index contributed by atoms with van der Waals surface area (Å²) in [5, 5.41) is 0. The number of aromatic nitrogens is 1. The Balaban J connectivity index is 1.73. The lowest BCUT2D eigenvalue weighted by atomic mass is 9.63. The van der Waals surface area contributed by atoms with Crippen molar-refractivity contribution in [3.8, 4) is 0 Å². The molecule has 0 aromatic carbocycles. The largest absolute Gasteiger partial charge is 0.341 e. The van der Waals surface area contributed by atoms with Gasteiger partial charge in [0.05, 0.1) is 6.42 Å². The van der Waals surface area contributed by atoms with E-state index in [9.17, 15) is 4.79 Å². The lowest BCUT2D eigenvalue weighted by Crippen LogP contribution is -2.54. The van der Waals surface area contributed by atoms with Gasteiger partial charge in [-0.3, -0.25) is 9.78 Å². The first-order valence-corrected chi connectivity index (χ1v) is 7.60. The summed E-state index contributed by atoms with van der Waals surface area (Å²) in [7, 11) is 0. The topological polar surface area (TPSA) is 33.2 Å². The second kappa shape index (κ2) is 4.57. The SMILES string of the molecule is CC1(C)C2CC[C@@]1(C)CN(C(=O)Cc1ccccn1)C2. The van der Waals surface area contributed by atoms with Crippen molar-refractivity contribution in [2.45, 2.75) is 40.0 Å². The van der Waals surface area contributed by atoms with Gasteiger partial charge in [0.2, 0.25) is 5.91 Å². The standard InChI is InChI=1S/C17H24N2O/c1-16(2)13-7-8-17(16,3)12-19(11-13)15(20)10-14-6-4-5-9-18-14/h4-6,9,13H,7-8,10-12H2,1-3H3/t13?,17-/m0/s1. The number of likely N-dealkylation sites (tertiary alicyclic amines) is 1. The molecule has 1 aromatic rings. The highest BCUT2D eigenvalue weighted by molar-refractivity contribution is 5.78. The number of hydrogen-bond acceptors (Lipinski definition) is 2. The zero-order valence-electron chi connectivity index (χ0n) is 12.7. The number of rotatable bonds is 2. The Hall–Kier alpha value is -1.38. The Morgan fingerprint density at radius 1 is 1.40 bits per heavy atom. The molecule has 108 valence electrons. The highest BCUT2D eigenvalue weighted by Gasteiger charge is 2.55. The minimum atomic E-state index is 0.234. The number of amides is 1. The summed E-state index contributed by atoms with van der Waals surface area (Å²) >= 11 is 0. The van der Waals surface area contributed by atoms with Crippen LogP contribution in [0, 0.1) is 16.7 Å². The van der Waals surface area contributed by atoms with E-state index in [-0.39, 0.29) is 11.3 Å². The van der Waals surface area contributed by atoms with Crippen LogP contribution in [0.25, 0.3) is 0 Å². The number of carbonyl (C=O) groups is 1. The molecule has 1 unspecified atom stereocenters. The van der Waals surface area contributed by atoms with E-state index < -0.39 is 0 Å². The molecule has 3 nitrogen and oxygen atoms in total. The fraction of sp³-hybridized carbons (Fsp3) is 0.647. The molecule has 1 amide bonds. The van der Waals surface area contributed by atoms with E-state index in [1.807, 2.05) is 18.2 Å². The summed E-state index contributed by atoms with van der Waals surface area (Å²) in [6.45, 7) is 8.94. The zero-order chi connectivity index (χ0) is 14.4. The Kier molecular flexibility index (Phi) is 3.11. The molecule has 0 spiro atoms. The van der Waals surface area contributed by atoms with E-state index in [4.69, 9.17) is 0 Å². The Bertz CT molecular complexity index is 511. The molecule has 1 aliphatic heterocycles. The molecular weight excluding hydrogens is 248 g/mol. The van der Waals surface area contributed by atoms with Gasteiger partial charge in [0.15, 0.2) is 0 Å². The third-order valence-corrected chi connectivity index (χ3v) is 6.01. The molecule has 2 bridgehead atoms. The van der Waals surface area contributed by atoms with Crippen LogP contribution in [0.1, 0.15) is 39.3 Å². The predicted molar refractivity (Wildman–Crippen MR) is 79.1 cm³/mol. The van der Waals surface area contributed by atoms with Gasteiger partial charge in [-0.1, -0.05) is 26.8 Å². The third-order valence-electron chi connectivity index (χ3n) is 6.01. The van der Waals surface area contributed by atoms with Crippen molar-refractivity contribution in [3.05, 3.63) is 30.1 Å². The van der Waals surface area contributed by atoms with Crippen molar-refractivity contribution in [3.63, 3.8) is 0 Å². The van der Waals surface area contributed by atoms with Gasteiger partial charge in [0, 0.05) is 25.0 Å². The van der Waals surface area contributed by atoms with Crippen LogP contribution in [0.15, 0.2) is 24.4 Å². The molecule has 1 saturated carbocycles. The van der Waals surface area contributed by atoms with Crippen molar-refractivity contribution in [1.29, 1.82) is 0 Å². The molecule has 0 N–H and O–H groups in total. The van der Waals surface area contributed by atoms with Crippen LogP contribution < -0.4 is 0 Å². The van der Waals surface area contributed by atoms with E-state index in [1.165, 1.54) is 12.8 Å². The van der Waals surface area contributed by atoms with Crippen LogP contribution in [0.3, 0.4) is 0 Å². The molecule has 2 heterocycles. The van der Waals surface area contributed by atoms with E-state index >= 15 is 0 Å². The van der Waals surface area contributed by atoms with Gasteiger partial charge in [0.1, 0.15) is 0 Å². The summed E-state index contributed by atoms with van der Waals surface area (Å²) < 4.78 is 0. The molecular formula is C17H24N2O. The van der Waals surface area contributed by atoms with Crippen molar-refractivity contribution in [2.24, 2.45) is 16.7 Å². The van der Waals surface area contributed by atoms with Gasteiger partial charge in [-0.25, -0.2) is 0 Å². The highest BCUT2D eigenvalue weighted by atomic mass is 16.2. The summed E-state index contributed by atoms with van der Waals surface area (Å²) in [6, 6.07) is 5.76. The quantitative estimate of drug-likeness (QED) is 0.829. The molecule has 3 heteroatoms. The van der Waals surface area contributed by atoms with Crippen LogP contribution in [0.4, 0.5) is 0 Å². The number of nitrogens with zero attached hydrogens (tertiary/aromatic N) is 2. The van der Waals surface area contributed by atoms with Crippen molar-refractivity contribution < 1.29 is 4.79 Å². The molecule has 3 rings (SSSR count). The van der Waals surface area contributed by atoms with Crippen molar-refractivity contribution in [1.82, 2.24) is 9.88 Å². The lowest BCUT2D eigenvalue weighted by molar-refractivity contribution is -0.138. The minimum Gasteiger partial charge on any atom is -0.341 e. The fourth-order valence-corrected chi connectivity index (χ4v) is 3.98. The monoisotopic (exact) mass is 272 g/mol. The minimum absolute atomic E-state index is 0.234. The van der Waals surface area contributed by atoms with E-state index in [2.05, 4.69) is 30.7 Å². The zero-order valence-corrected chi connectivity index (χ0v) is 12.7. The number of carbonyl (C=O) groups excluding carboxylic acids is 1. The molecule has 2 fully saturated rings. The van der Waals surface area contributed by atoms with Crippen LogP contribution in [-0.2, 0) is 11.2 Å². The predicted octanol–water partition coefficient (Wildman–Crippen LogP) is 2.91. The normalized spacial score (nSPS) is 31.4. The van der Waals surface area contributed by atoms with Gasteiger partial charge >= 0.3 is 0 Å². The van der Waals surface area contributed by atoms with Crippen LogP contribution in [0.5, 0.6) is 0 Å². The van der Waals surface area contributed by atoms with Crippen LogP contribution in [-0.4, -0.2) is 28.9 Å². The first-order chi connectivity index (χ1) is 9.42. The summed E-state index contributed by atoms with van der Waals surface area (Å²) in [5.74, 6) is 0.881. The summed E-state index contributed by atoms with van der Waals surface area (Å²) in [4.78, 5) is 18.9. The molecule has 2 aliphatic rings. The molecule has 0 radical (unpaired) electrons. The van der Waals surface area contributed by atoms with E-state index in [0.717, 1.165) is 18.8 Å². The maximum atomic E-state index is 12.5. The Morgan fingerprint density at radius 2 is 2.20 bits per heavy atom. The van der Waals surface area contributed by atoms with Gasteiger partial charge in [-0.15, -0.1) is 0 Å². The molecule has 1 aromatic heterocycles. The first kappa shape index (κ1) is 13.6. The Labute approximate surface area is 121 Å². The first-order valence-electron chi connectivity index (χ1n) is 7.60. The summed E-state index contributed by atoms with van der Waals surface area (Å²) in [5.41, 5.74) is 1.50. The number of piperidine rings is 1. The molecule has 1 aliphatic carbocycles. The van der Waals surface area contributed by atoms with E-state index in [1.54, 1.807) is 6.20 Å². The van der Waals surface area contributed by atoms with Crippen LogP contribution in [0.2, 0.25) is 0 Å². The number of pyridine rings is 1. The number of fused-ring (bicyclic) bond motifs is 2. The second-order valence-corrected chi connectivity index (χ2v) is 7.29. The molecule has 2 atom stereocenters. The maximum absolute atomic E-state index is 12.5. The third kappa shape index (κ3) is 2.04. The molecule has 20 heavy (non-hydrogen) atoms. The number of hydrogen-bond donors (Lipinski definition) is 0. The Morgan fingerprint density at radius 3 is 2.85 bits per heavy atom. The average Bonchev–Trinajstić information content (AvgIpc) is 2.57. The second-order valence-electron chi connectivity index (χ2n) is 7.29. The maximum Gasteiger partial charge on any atom is 0.228 e. The fourth-order valence-electron chi connectivity index (χ4n) is 3.98. The van der Waals surface area contributed by atoms with Gasteiger partial charge in [0.25, 0.3) is 0 Å². The summed E-state index contributed by atoms with van der Waals surface area (Å²) in [6.07, 6.45) is 4.70. The van der Waals surface area contributed by atoms with Gasteiger partial charge < -0.3 is 4.90 Å². The lowest BCUT2D eigenvalue weighted by Gasteiger charge is -2.50. The smallest absolute Gasteiger partial charge is 0.228 e. The average molecular weight is 272 g/mol.